The topological polar surface area (TPSA) is 40.5 Å². The third-order valence-electron chi connectivity index (χ3n) is 4.72. The summed E-state index contributed by atoms with van der Waals surface area (Å²) in [7, 11) is 0. The van der Waals surface area contributed by atoms with Gasteiger partial charge in [-0.05, 0) is 44.8 Å². The maximum atomic E-state index is 11.4. The molecule has 0 bridgehead atoms. The molecule has 1 aromatic rings. The number of hydrogen-bond acceptors (Lipinski definition) is 2. The van der Waals surface area contributed by atoms with Crippen molar-refractivity contribution in [3.8, 4) is 0 Å². The molecule has 0 aromatic heterocycles. The lowest BCUT2D eigenvalue weighted by Gasteiger charge is -2.41. The van der Waals surface area contributed by atoms with Crippen LogP contribution in [0.3, 0.4) is 0 Å². The average molecular weight is 261 g/mol. The molecule has 3 heteroatoms. The van der Waals surface area contributed by atoms with Crippen molar-refractivity contribution >= 4 is 5.97 Å². The van der Waals surface area contributed by atoms with Gasteiger partial charge >= 0.3 is 5.97 Å². The lowest BCUT2D eigenvalue weighted by atomic mass is 9.76. The van der Waals surface area contributed by atoms with Gasteiger partial charge in [0.2, 0.25) is 0 Å². The van der Waals surface area contributed by atoms with E-state index in [1.54, 1.807) is 0 Å². The number of aliphatic carboxylic acids is 1. The smallest absolute Gasteiger partial charge is 0.309 e. The second-order valence-electron chi connectivity index (χ2n) is 5.56. The van der Waals surface area contributed by atoms with Crippen molar-refractivity contribution in [1.29, 1.82) is 0 Å². The average Bonchev–Trinajstić information content (AvgIpc) is 2.47. The third kappa shape index (κ3) is 2.81. The fraction of sp³-hybridized carbons (Fsp3) is 0.562. The molecule has 0 aliphatic carbocycles. The van der Waals surface area contributed by atoms with Gasteiger partial charge in [-0.1, -0.05) is 37.3 Å². The molecule has 1 aliphatic rings. The summed E-state index contributed by atoms with van der Waals surface area (Å²) >= 11 is 0. The molecule has 1 fully saturated rings. The Morgan fingerprint density at radius 3 is 2.37 bits per heavy atom. The highest BCUT2D eigenvalue weighted by atomic mass is 16.4. The van der Waals surface area contributed by atoms with Crippen molar-refractivity contribution in [1.82, 2.24) is 4.90 Å². The Morgan fingerprint density at radius 2 is 1.89 bits per heavy atom. The largest absolute Gasteiger partial charge is 0.481 e. The molecule has 1 saturated heterocycles. The van der Waals surface area contributed by atoms with Crippen LogP contribution in [-0.4, -0.2) is 29.1 Å². The molecule has 1 N–H and O–H groups in total. The maximum absolute atomic E-state index is 11.4. The van der Waals surface area contributed by atoms with Crippen molar-refractivity contribution in [3.63, 3.8) is 0 Å². The Morgan fingerprint density at radius 1 is 1.32 bits per heavy atom. The second-order valence-corrected chi connectivity index (χ2v) is 5.56. The van der Waals surface area contributed by atoms with Crippen molar-refractivity contribution in [2.75, 3.05) is 13.1 Å². The minimum atomic E-state index is -0.623. The Labute approximate surface area is 115 Å². The fourth-order valence-electron chi connectivity index (χ4n) is 3.00. The van der Waals surface area contributed by atoms with E-state index in [2.05, 4.69) is 36.1 Å². The molecular weight excluding hydrogens is 238 g/mol. The fourth-order valence-corrected chi connectivity index (χ4v) is 3.00. The van der Waals surface area contributed by atoms with Crippen LogP contribution in [0.1, 0.15) is 44.7 Å². The molecule has 1 heterocycles. The first kappa shape index (κ1) is 14.1. The lowest BCUT2D eigenvalue weighted by Crippen LogP contribution is -2.44. The summed E-state index contributed by atoms with van der Waals surface area (Å²) in [6, 6.07) is 10.8. The van der Waals surface area contributed by atoms with Gasteiger partial charge in [0.1, 0.15) is 0 Å². The van der Waals surface area contributed by atoms with E-state index >= 15 is 0 Å². The van der Waals surface area contributed by atoms with Gasteiger partial charge in [-0.2, -0.15) is 0 Å². The molecular formula is C16H23NO2. The first-order chi connectivity index (χ1) is 9.09. The highest BCUT2D eigenvalue weighted by Gasteiger charge is 2.40. The van der Waals surface area contributed by atoms with Gasteiger partial charge in [-0.15, -0.1) is 0 Å². The van der Waals surface area contributed by atoms with Crippen LogP contribution in [0.2, 0.25) is 0 Å². The molecule has 2 rings (SSSR count). The summed E-state index contributed by atoms with van der Waals surface area (Å²) in [6.45, 7) is 5.94. The summed E-state index contributed by atoms with van der Waals surface area (Å²) in [5.74, 6) is -0.623. The zero-order chi connectivity index (χ0) is 13.9. The van der Waals surface area contributed by atoms with Gasteiger partial charge in [0.25, 0.3) is 0 Å². The van der Waals surface area contributed by atoms with Gasteiger partial charge in [-0.3, -0.25) is 9.69 Å². The Balaban J connectivity index is 2.02. The highest BCUT2D eigenvalue weighted by Crippen LogP contribution is 2.37. The van der Waals surface area contributed by atoms with Gasteiger partial charge in [0.15, 0.2) is 0 Å². The number of carbonyl (C=O) groups is 1. The Bertz CT molecular complexity index is 422. The molecule has 1 atom stereocenters. The minimum Gasteiger partial charge on any atom is -0.481 e. The summed E-state index contributed by atoms with van der Waals surface area (Å²) in [6.07, 6.45) is 2.25. The first-order valence-electron chi connectivity index (χ1n) is 7.11. The van der Waals surface area contributed by atoms with Crippen LogP contribution in [0.4, 0.5) is 0 Å². The zero-order valence-corrected chi connectivity index (χ0v) is 11.8. The van der Waals surface area contributed by atoms with Crippen molar-refractivity contribution < 1.29 is 9.90 Å². The number of rotatable bonds is 4. The predicted octanol–water partition coefficient (Wildman–Crippen LogP) is 3.32. The van der Waals surface area contributed by atoms with Gasteiger partial charge in [0, 0.05) is 6.04 Å². The molecule has 0 saturated carbocycles. The van der Waals surface area contributed by atoms with Crippen LogP contribution in [0.25, 0.3) is 0 Å². The molecule has 104 valence electrons. The number of carboxylic acid groups (broad SMARTS) is 1. The normalized spacial score (nSPS) is 20.9. The van der Waals surface area contributed by atoms with Crippen LogP contribution < -0.4 is 0 Å². The van der Waals surface area contributed by atoms with Crippen LogP contribution in [0, 0.1) is 5.41 Å². The summed E-state index contributed by atoms with van der Waals surface area (Å²) < 4.78 is 0. The second kappa shape index (κ2) is 5.74. The Hall–Kier alpha value is -1.35. The van der Waals surface area contributed by atoms with E-state index in [-0.39, 0.29) is 0 Å². The van der Waals surface area contributed by atoms with Gasteiger partial charge < -0.3 is 5.11 Å². The van der Waals surface area contributed by atoms with Gasteiger partial charge in [0.05, 0.1) is 5.41 Å². The molecule has 1 unspecified atom stereocenters. The number of hydrogen-bond donors (Lipinski definition) is 1. The van der Waals surface area contributed by atoms with Gasteiger partial charge in [-0.25, -0.2) is 0 Å². The number of nitrogens with zero attached hydrogens (tertiary/aromatic N) is 1. The first-order valence-corrected chi connectivity index (χ1v) is 7.11. The standard InChI is InChI=1S/C16H23NO2/c1-3-16(15(18)19)9-11-17(12-10-16)13(2)14-7-5-4-6-8-14/h4-8,13H,3,9-12H2,1-2H3,(H,18,19). The summed E-state index contributed by atoms with van der Waals surface area (Å²) in [4.78, 5) is 13.8. The van der Waals surface area contributed by atoms with E-state index < -0.39 is 11.4 Å². The zero-order valence-electron chi connectivity index (χ0n) is 11.8. The van der Waals surface area contributed by atoms with Crippen LogP contribution >= 0.6 is 0 Å². The van der Waals surface area contributed by atoms with E-state index in [0.717, 1.165) is 32.4 Å². The molecule has 0 spiro atoms. The van der Waals surface area contributed by atoms with E-state index in [1.165, 1.54) is 5.56 Å². The Kier molecular flexibility index (Phi) is 4.25. The van der Waals surface area contributed by atoms with Crippen LogP contribution in [-0.2, 0) is 4.79 Å². The predicted molar refractivity (Wildman–Crippen MR) is 76.0 cm³/mol. The van der Waals surface area contributed by atoms with Crippen molar-refractivity contribution in [2.24, 2.45) is 5.41 Å². The van der Waals surface area contributed by atoms with E-state index in [4.69, 9.17) is 0 Å². The van der Waals surface area contributed by atoms with Crippen LogP contribution in [0.5, 0.6) is 0 Å². The quantitative estimate of drug-likeness (QED) is 0.903. The van der Waals surface area contributed by atoms with Crippen molar-refractivity contribution in [3.05, 3.63) is 35.9 Å². The number of benzene rings is 1. The summed E-state index contributed by atoms with van der Waals surface area (Å²) in [5.41, 5.74) is 0.814. The monoisotopic (exact) mass is 261 g/mol. The molecule has 0 radical (unpaired) electrons. The van der Waals surface area contributed by atoms with E-state index in [0.29, 0.717) is 6.04 Å². The lowest BCUT2D eigenvalue weighted by molar-refractivity contribution is -0.152. The number of carboxylic acids is 1. The molecule has 1 aliphatic heterocycles. The maximum Gasteiger partial charge on any atom is 0.309 e. The molecule has 19 heavy (non-hydrogen) atoms. The van der Waals surface area contributed by atoms with Crippen molar-refractivity contribution in [2.45, 2.75) is 39.2 Å². The minimum absolute atomic E-state index is 0.366. The summed E-state index contributed by atoms with van der Waals surface area (Å²) in [5, 5.41) is 9.41. The SMILES string of the molecule is CCC1(C(=O)O)CCN(C(C)c2ccccc2)CC1. The molecule has 1 aromatic carbocycles. The van der Waals surface area contributed by atoms with E-state index in [9.17, 15) is 9.90 Å². The highest BCUT2D eigenvalue weighted by molar-refractivity contribution is 5.74. The number of piperidine rings is 1. The molecule has 0 amide bonds. The van der Waals surface area contributed by atoms with Crippen LogP contribution in [0.15, 0.2) is 30.3 Å². The van der Waals surface area contributed by atoms with E-state index in [1.807, 2.05) is 13.0 Å². The number of likely N-dealkylation sites (tertiary alicyclic amines) is 1. The molecule has 3 nitrogen and oxygen atoms in total. The third-order valence-corrected chi connectivity index (χ3v) is 4.72.